The Kier molecular flexibility index (Phi) is 4.14. The summed E-state index contributed by atoms with van der Waals surface area (Å²) in [5, 5.41) is 8.01. The first-order valence-electron chi connectivity index (χ1n) is 7.44. The molecule has 3 rings (SSSR count). The fraction of sp³-hybridized carbons (Fsp3) is 0.235. The zero-order valence-corrected chi connectivity index (χ0v) is 12.8. The highest BCUT2D eigenvalue weighted by atomic mass is 15.4. The molecule has 3 aromatic rings. The van der Waals surface area contributed by atoms with Gasteiger partial charge < -0.3 is 5.32 Å². The van der Waals surface area contributed by atoms with Crippen LogP contribution in [0.25, 0.3) is 5.82 Å². The van der Waals surface area contributed by atoms with E-state index < -0.39 is 0 Å². The molecule has 22 heavy (non-hydrogen) atoms. The first-order chi connectivity index (χ1) is 10.8. The van der Waals surface area contributed by atoms with Crippen LogP contribution in [0, 0.1) is 6.92 Å². The third kappa shape index (κ3) is 2.98. The van der Waals surface area contributed by atoms with E-state index in [9.17, 15) is 0 Å². The lowest BCUT2D eigenvalue weighted by Crippen LogP contribution is -2.16. The van der Waals surface area contributed by atoms with Crippen LogP contribution in [-0.4, -0.2) is 19.7 Å². The van der Waals surface area contributed by atoms with E-state index in [1.165, 1.54) is 0 Å². The second-order valence-corrected chi connectivity index (χ2v) is 5.09. The Morgan fingerprint density at radius 3 is 2.55 bits per heavy atom. The molecule has 0 aliphatic carbocycles. The Morgan fingerprint density at radius 1 is 1.09 bits per heavy atom. The lowest BCUT2D eigenvalue weighted by molar-refractivity contribution is 0.651. The van der Waals surface area contributed by atoms with Crippen molar-refractivity contribution in [2.45, 2.75) is 26.3 Å². The molecule has 2 aromatic heterocycles. The summed E-state index contributed by atoms with van der Waals surface area (Å²) in [6.07, 6.45) is 2.67. The predicted octanol–water partition coefficient (Wildman–Crippen LogP) is 3.53. The largest absolute Gasteiger partial charge is 0.375 e. The van der Waals surface area contributed by atoms with Crippen molar-refractivity contribution in [1.29, 1.82) is 0 Å². The van der Waals surface area contributed by atoms with Crippen molar-refractivity contribution in [1.82, 2.24) is 19.7 Å². The van der Waals surface area contributed by atoms with Crippen LogP contribution in [0.3, 0.4) is 0 Å². The molecule has 0 fully saturated rings. The van der Waals surface area contributed by atoms with Crippen molar-refractivity contribution in [3.05, 3.63) is 66.4 Å². The molecule has 0 spiro atoms. The molecule has 0 aliphatic heterocycles. The van der Waals surface area contributed by atoms with Gasteiger partial charge in [-0.2, -0.15) is 4.68 Å². The Bertz CT molecular complexity index is 721. The van der Waals surface area contributed by atoms with Crippen LogP contribution < -0.4 is 5.32 Å². The van der Waals surface area contributed by atoms with Crippen molar-refractivity contribution in [2.75, 3.05) is 5.32 Å². The van der Waals surface area contributed by atoms with E-state index in [1.54, 1.807) is 6.20 Å². The molecule has 5 heteroatoms. The maximum Gasteiger partial charge on any atom is 0.156 e. The van der Waals surface area contributed by atoms with E-state index in [1.807, 2.05) is 48.0 Å². The monoisotopic (exact) mass is 293 g/mol. The highest BCUT2D eigenvalue weighted by Gasteiger charge is 2.19. The minimum atomic E-state index is 0.0746. The normalized spacial score (nSPS) is 12.1. The van der Waals surface area contributed by atoms with Crippen LogP contribution in [0.1, 0.15) is 31.0 Å². The fourth-order valence-electron chi connectivity index (χ4n) is 2.39. The molecule has 0 aliphatic rings. The van der Waals surface area contributed by atoms with Crippen LogP contribution in [0.15, 0.2) is 54.7 Å². The van der Waals surface area contributed by atoms with Crippen LogP contribution >= 0.6 is 0 Å². The molecule has 0 bridgehead atoms. The van der Waals surface area contributed by atoms with Gasteiger partial charge in [0.05, 0.1) is 6.04 Å². The molecular formula is C17H19N5. The Morgan fingerprint density at radius 2 is 1.86 bits per heavy atom. The van der Waals surface area contributed by atoms with Crippen LogP contribution in [-0.2, 0) is 0 Å². The summed E-state index contributed by atoms with van der Waals surface area (Å²) < 4.78 is 1.82. The molecule has 1 atom stereocenters. The third-order valence-electron chi connectivity index (χ3n) is 3.44. The smallest absolute Gasteiger partial charge is 0.156 e. The van der Waals surface area contributed by atoms with Crippen molar-refractivity contribution < 1.29 is 0 Å². The summed E-state index contributed by atoms with van der Waals surface area (Å²) in [4.78, 5) is 8.98. The summed E-state index contributed by atoms with van der Waals surface area (Å²) >= 11 is 0. The number of aryl methyl sites for hydroxylation is 1. The first kappa shape index (κ1) is 14.3. The summed E-state index contributed by atoms with van der Waals surface area (Å²) in [5.41, 5.74) is 1.07. The molecule has 1 unspecified atom stereocenters. The molecular weight excluding hydrogens is 274 g/mol. The van der Waals surface area contributed by atoms with Crippen molar-refractivity contribution in [3.8, 4) is 5.82 Å². The molecule has 0 amide bonds. The van der Waals surface area contributed by atoms with E-state index in [2.05, 4.69) is 39.4 Å². The van der Waals surface area contributed by atoms with E-state index in [4.69, 9.17) is 0 Å². The summed E-state index contributed by atoms with van der Waals surface area (Å²) in [5.74, 6) is 2.41. The summed E-state index contributed by atoms with van der Waals surface area (Å²) in [7, 11) is 0. The van der Waals surface area contributed by atoms with Crippen molar-refractivity contribution in [3.63, 3.8) is 0 Å². The Balaban J connectivity index is 1.96. The number of aromatic nitrogens is 4. The van der Waals surface area contributed by atoms with E-state index in [-0.39, 0.29) is 6.04 Å². The quantitative estimate of drug-likeness (QED) is 0.782. The van der Waals surface area contributed by atoms with Gasteiger partial charge in [-0.15, -0.1) is 5.10 Å². The van der Waals surface area contributed by atoms with E-state index in [0.717, 1.165) is 29.6 Å². The average molecular weight is 293 g/mol. The molecule has 1 aromatic carbocycles. The fourth-order valence-corrected chi connectivity index (χ4v) is 2.39. The Hall–Kier alpha value is -2.69. The second kappa shape index (κ2) is 6.39. The highest BCUT2D eigenvalue weighted by Crippen LogP contribution is 2.22. The van der Waals surface area contributed by atoms with Crippen molar-refractivity contribution in [2.24, 2.45) is 0 Å². The number of rotatable bonds is 5. The SMILES string of the molecule is CCC(Nc1ccccc1)c1nc(C)nn1-c1ccccn1. The van der Waals surface area contributed by atoms with E-state index >= 15 is 0 Å². The third-order valence-corrected chi connectivity index (χ3v) is 3.44. The topological polar surface area (TPSA) is 55.6 Å². The minimum absolute atomic E-state index is 0.0746. The highest BCUT2D eigenvalue weighted by molar-refractivity contribution is 5.44. The zero-order chi connectivity index (χ0) is 15.4. The number of pyridine rings is 1. The predicted molar refractivity (Wildman–Crippen MR) is 87.0 cm³/mol. The molecule has 5 nitrogen and oxygen atoms in total. The first-order valence-corrected chi connectivity index (χ1v) is 7.44. The number of nitrogens with zero attached hydrogens (tertiary/aromatic N) is 4. The van der Waals surface area contributed by atoms with Crippen LogP contribution in [0.2, 0.25) is 0 Å². The zero-order valence-electron chi connectivity index (χ0n) is 12.8. The van der Waals surface area contributed by atoms with Gasteiger partial charge in [-0.1, -0.05) is 31.2 Å². The van der Waals surface area contributed by atoms with Crippen LogP contribution in [0.4, 0.5) is 5.69 Å². The summed E-state index contributed by atoms with van der Waals surface area (Å²) in [6.45, 7) is 4.03. The van der Waals surface area contributed by atoms with E-state index in [0.29, 0.717) is 0 Å². The number of para-hydroxylation sites is 1. The number of nitrogens with one attached hydrogen (secondary N) is 1. The molecule has 0 saturated carbocycles. The second-order valence-electron chi connectivity index (χ2n) is 5.09. The van der Waals surface area contributed by atoms with Gasteiger partial charge in [0.2, 0.25) is 0 Å². The maximum atomic E-state index is 4.60. The number of benzene rings is 1. The number of hydrogen-bond acceptors (Lipinski definition) is 4. The van der Waals surface area contributed by atoms with Gasteiger partial charge in [0.15, 0.2) is 11.6 Å². The maximum absolute atomic E-state index is 4.60. The molecule has 0 saturated heterocycles. The molecule has 0 radical (unpaired) electrons. The summed E-state index contributed by atoms with van der Waals surface area (Å²) in [6, 6.07) is 16.0. The average Bonchev–Trinajstić information content (AvgIpc) is 2.96. The van der Waals surface area contributed by atoms with Gasteiger partial charge in [0, 0.05) is 11.9 Å². The van der Waals surface area contributed by atoms with Gasteiger partial charge in [0.25, 0.3) is 0 Å². The number of anilines is 1. The van der Waals surface area contributed by atoms with Crippen LogP contribution in [0.5, 0.6) is 0 Å². The molecule has 112 valence electrons. The standard InChI is InChI=1S/C17H19N5/c1-3-15(20-14-9-5-4-6-10-14)17-19-13(2)21-22(17)16-11-7-8-12-18-16/h4-12,15,20H,3H2,1-2H3. The van der Waals surface area contributed by atoms with Gasteiger partial charge in [0.1, 0.15) is 5.82 Å². The Labute approximate surface area is 130 Å². The van der Waals surface area contributed by atoms with Gasteiger partial charge >= 0.3 is 0 Å². The van der Waals surface area contributed by atoms with Gasteiger partial charge in [-0.05, 0) is 37.6 Å². The minimum Gasteiger partial charge on any atom is -0.375 e. The lowest BCUT2D eigenvalue weighted by atomic mass is 10.2. The van der Waals surface area contributed by atoms with Gasteiger partial charge in [-0.25, -0.2) is 9.97 Å². The van der Waals surface area contributed by atoms with Gasteiger partial charge in [-0.3, -0.25) is 0 Å². The number of hydrogen-bond donors (Lipinski definition) is 1. The van der Waals surface area contributed by atoms with Crippen molar-refractivity contribution >= 4 is 5.69 Å². The lowest BCUT2D eigenvalue weighted by Gasteiger charge is -2.18. The molecule has 2 heterocycles. The molecule has 1 N–H and O–H groups in total.